The standard InChI is InChI=1S/C20H26O2/c21-16-8-7-13-19(22)14-15-20(17-9-3-1-4-10-17)18-11-5-2-6-12-18/h1-6,9-12,19-22H,7-8,13-16H2. The van der Waals surface area contributed by atoms with Crippen LogP contribution in [0.25, 0.3) is 0 Å². The van der Waals surface area contributed by atoms with Gasteiger partial charge in [-0.05, 0) is 43.2 Å². The van der Waals surface area contributed by atoms with Gasteiger partial charge in [-0.15, -0.1) is 0 Å². The van der Waals surface area contributed by atoms with Crippen LogP contribution < -0.4 is 0 Å². The summed E-state index contributed by atoms with van der Waals surface area (Å²) < 4.78 is 0. The number of aliphatic hydroxyl groups excluding tert-OH is 2. The Kier molecular flexibility index (Phi) is 7.14. The molecule has 0 aromatic heterocycles. The van der Waals surface area contributed by atoms with Crippen molar-refractivity contribution in [2.24, 2.45) is 0 Å². The molecule has 0 saturated heterocycles. The summed E-state index contributed by atoms with van der Waals surface area (Å²) in [5, 5.41) is 18.9. The normalized spacial score (nSPS) is 12.5. The molecule has 0 saturated carbocycles. The monoisotopic (exact) mass is 298 g/mol. The molecule has 0 radical (unpaired) electrons. The van der Waals surface area contributed by atoms with Gasteiger partial charge in [0.25, 0.3) is 0 Å². The average molecular weight is 298 g/mol. The highest BCUT2D eigenvalue weighted by Crippen LogP contribution is 2.30. The van der Waals surface area contributed by atoms with Crippen LogP contribution in [0.1, 0.15) is 49.1 Å². The summed E-state index contributed by atoms with van der Waals surface area (Å²) in [6, 6.07) is 21.0. The maximum absolute atomic E-state index is 10.1. The average Bonchev–Trinajstić information content (AvgIpc) is 2.57. The first-order valence-electron chi connectivity index (χ1n) is 8.20. The van der Waals surface area contributed by atoms with Crippen molar-refractivity contribution >= 4 is 0 Å². The Labute approximate surface area is 133 Å². The molecule has 1 atom stereocenters. The van der Waals surface area contributed by atoms with Gasteiger partial charge in [-0.25, -0.2) is 0 Å². The van der Waals surface area contributed by atoms with Crippen molar-refractivity contribution in [1.82, 2.24) is 0 Å². The van der Waals surface area contributed by atoms with E-state index >= 15 is 0 Å². The minimum Gasteiger partial charge on any atom is -0.396 e. The van der Waals surface area contributed by atoms with Crippen molar-refractivity contribution in [2.45, 2.75) is 44.1 Å². The third kappa shape index (κ3) is 5.28. The van der Waals surface area contributed by atoms with E-state index in [4.69, 9.17) is 5.11 Å². The molecule has 0 fully saturated rings. The van der Waals surface area contributed by atoms with E-state index in [0.29, 0.717) is 5.92 Å². The molecule has 22 heavy (non-hydrogen) atoms. The topological polar surface area (TPSA) is 40.5 Å². The van der Waals surface area contributed by atoms with E-state index in [1.807, 2.05) is 12.1 Å². The van der Waals surface area contributed by atoms with E-state index in [0.717, 1.165) is 32.1 Å². The number of rotatable bonds is 9. The molecule has 2 aromatic rings. The minimum absolute atomic E-state index is 0.212. The Morgan fingerprint density at radius 3 is 1.73 bits per heavy atom. The first-order valence-corrected chi connectivity index (χ1v) is 8.20. The summed E-state index contributed by atoms with van der Waals surface area (Å²) in [5.41, 5.74) is 2.60. The van der Waals surface area contributed by atoms with Crippen molar-refractivity contribution in [3.8, 4) is 0 Å². The van der Waals surface area contributed by atoms with Gasteiger partial charge in [0.2, 0.25) is 0 Å². The van der Waals surface area contributed by atoms with Gasteiger partial charge in [-0.2, -0.15) is 0 Å². The van der Waals surface area contributed by atoms with Crippen molar-refractivity contribution in [3.05, 3.63) is 71.8 Å². The maximum atomic E-state index is 10.1. The smallest absolute Gasteiger partial charge is 0.0540 e. The lowest BCUT2D eigenvalue weighted by atomic mass is 9.86. The number of aliphatic hydroxyl groups is 2. The van der Waals surface area contributed by atoms with Crippen LogP contribution in [0.2, 0.25) is 0 Å². The molecule has 0 aliphatic rings. The highest BCUT2D eigenvalue weighted by atomic mass is 16.3. The van der Waals surface area contributed by atoms with Crippen molar-refractivity contribution in [2.75, 3.05) is 6.61 Å². The second-order valence-corrected chi connectivity index (χ2v) is 5.82. The van der Waals surface area contributed by atoms with Crippen LogP contribution in [0.3, 0.4) is 0 Å². The number of hydrogen-bond donors (Lipinski definition) is 2. The van der Waals surface area contributed by atoms with Crippen LogP contribution in [-0.2, 0) is 0 Å². The van der Waals surface area contributed by atoms with Crippen molar-refractivity contribution in [1.29, 1.82) is 0 Å². The number of hydrogen-bond acceptors (Lipinski definition) is 2. The largest absolute Gasteiger partial charge is 0.396 e. The minimum atomic E-state index is -0.276. The molecule has 0 heterocycles. The Bertz CT molecular complexity index is 470. The summed E-state index contributed by atoms with van der Waals surface area (Å²) in [7, 11) is 0. The lowest BCUT2D eigenvalue weighted by molar-refractivity contribution is 0.143. The van der Waals surface area contributed by atoms with Crippen LogP contribution >= 0.6 is 0 Å². The predicted molar refractivity (Wildman–Crippen MR) is 90.9 cm³/mol. The van der Waals surface area contributed by atoms with E-state index in [1.54, 1.807) is 0 Å². The zero-order valence-corrected chi connectivity index (χ0v) is 13.1. The first-order chi connectivity index (χ1) is 10.8. The Morgan fingerprint density at radius 2 is 1.23 bits per heavy atom. The van der Waals surface area contributed by atoms with Gasteiger partial charge in [0, 0.05) is 12.5 Å². The molecule has 0 amide bonds. The van der Waals surface area contributed by atoms with Crippen LogP contribution in [0.15, 0.2) is 60.7 Å². The highest BCUT2D eigenvalue weighted by Gasteiger charge is 2.15. The maximum Gasteiger partial charge on any atom is 0.0540 e. The van der Waals surface area contributed by atoms with Gasteiger partial charge < -0.3 is 10.2 Å². The summed E-state index contributed by atoms with van der Waals surface area (Å²) in [4.78, 5) is 0. The van der Waals surface area contributed by atoms with Gasteiger partial charge in [0.05, 0.1) is 6.10 Å². The molecule has 0 aliphatic heterocycles. The SMILES string of the molecule is OCCCCC(O)CCC(c1ccccc1)c1ccccc1. The Hall–Kier alpha value is -1.64. The molecule has 2 nitrogen and oxygen atoms in total. The third-order valence-electron chi connectivity index (χ3n) is 4.14. The first kappa shape index (κ1) is 16.7. The van der Waals surface area contributed by atoms with Crippen LogP contribution in [0.4, 0.5) is 0 Å². The molecule has 1 unspecified atom stereocenters. The van der Waals surface area contributed by atoms with Crippen LogP contribution in [0, 0.1) is 0 Å². The fraction of sp³-hybridized carbons (Fsp3) is 0.400. The summed E-state index contributed by atoms with van der Waals surface area (Å²) >= 11 is 0. The lowest BCUT2D eigenvalue weighted by Gasteiger charge is -2.20. The zero-order valence-electron chi connectivity index (χ0n) is 13.1. The molecule has 0 aliphatic carbocycles. The van der Waals surface area contributed by atoms with Crippen molar-refractivity contribution < 1.29 is 10.2 Å². The van der Waals surface area contributed by atoms with Gasteiger partial charge in [0.15, 0.2) is 0 Å². The number of unbranched alkanes of at least 4 members (excludes halogenated alkanes) is 1. The van der Waals surface area contributed by atoms with E-state index in [9.17, 15) is 5.11 Å². The highest BCUT2D eigenvalue weighted by molar-refractivity contribution is 5.32. The predicted octanol–water partition coefficient (Wildman–Crippen LogP) is 4.12. The molecular formula is C20H26O2. The molecule has 0 bridgehead atoms. The summed E-state index contributed by atoms with van der Waals surface area (Å²) in [6.45, 7) is 0.212. The Morgan fingerprint density at radius 1 is 0.682 bits per heavy atom. The summed E-state index contributed by atoms with van der Waals surface area (Å²) in [5.74, 6) is 0.329. The second-order valence-electron chi connectivity index (χ2n) is 5.82. The third-order valence-corrected chi connectivity index (χ3v) is 4.14. The van der Waals surface area contributed by atoms with E-state index < -0.39 is 0 Å². The van der Waals surface area contributed by atoms with Gasteiger partial charge >= 0.3 is 0 Å². The molecular weight excluding hydrogens is 272 g/mol. The molecule has 2 N–H and O–H groups in total. The van der Waals surface area contributed by atoms with Crippen LogP contribution in [-0.4, -0.2) is 22.9 Å². The number of benzene rings is 2. The van der Waals surface area contributed by atoms with E-state index in [2.05, 4.69) is 48.5 Å². The van der Waals surface area contributed by atoms with E-state index in [1.165, 1.54) is 11.1 Å². The lowest BCUT2D eigenvalue weighted by Crippen LogP contribution is -2.10. The fourth-order valence-electron chi connectivity index (χ4n) is 2.89. The zero-order chi connectivity index (χ0) is 15.6. The summed E-state index contributed by atoms with van der Waals surface area (Å²) in [6.07, 6.45) is 3.89. The molecule has 2 heteroatoms. The van der Waals surface area contributed by atoms with Gasteiger partial charge in [-0.1, -0.05) is 60.7 Å². The Balaban J connectivity index is 2.00. The molecule has 2 aromatic carbocycles. The molecule has 0 spiro atoms. The fourth-order valence-corrected chi connectivity index (χ4v) is 2.89. The quantitative estimate of drug-likeness (QED) is 0.684. The van der Waals surface area contributed by atoms with Crippen molar-refractivity contribution in [3.63, 3.8) is 0 Å². The van der Waals surface area contributed by atoms with Crippen LogP contribution in [0.5, 0.6) is 0 Å². The van der Waals surface area contributed by atoms with Gasteiger partial charge in [0.1, 0.15) is 0 Å². The second kappa shape index (κ2) is 9.39. The molecule has 2 rings (SSSR count). The van der Waals surface area contributed by atoms with E-state index in [-0.39, 0.29) is 12.7 Å². The molecule has 118 valence electrons. The van der Waals surface area contributed by atoms with Gasteiger partial charge in [-0.3, -0.25) is 0 Å².